The quantitative estimate of drug-likeness (QED) is 0.847. The molecule has 0 saturated heterocycles. The van der Waals surface area contributed by atoms with E-state index in [0.717, 1.165) is 0 Å². The average Bonchev–Trinajstić information content (AvgIpc) is 2.40. The predicted molar refractivity (Wildman–Crippen MR) is 75.4 cm³/mol. The standard InChI is InChI=1S/C14H16NO3P/c1-12(15)19(16,17-13-8-4-2-5-9-13)18-14-10-6-3-7-11-14/h2-12H,15H2,1H3. The van der Waals surface area contributed by atoms with Crippen LogP contribution < -0.4 is 14.8 Å². The van der Waals surface area contributed by atoms with Crippen molar-refractivity contribution in [2.45, 2.75) is 12.7 Å². The number of nitrogens with two attached hydrogens (primary N) is 1. The predicted octanol–water partition coefficient (Wildman–Crippen LogP) is 3.64. The van der Waals surface area contributed by atoms with Gasteiger partial charge < -0.3 is 14.8 Å². The Kier molecular flexibility index (Phi) is 4.25. The Morgan fingerprint density at radius 1 is 0.895 bits per heavy atom. The Labute approximate surface area is 112 Å². The zero-order valence-corrected chi connectivity index (χ0v) is 11.5. The summed E-state index contributed by atoms with van der Waals surface area (Å²) in [6, 6.07) is 17.7. The third-order valence-corrected chi connectivity index (χ3v) is 4.38. The van der Waals surface area contributed by atoms with E-state index >= 15 is 0 Å². The molecule has 1 unspecified atom stereocenters. The first-order valence-corrected chi connectivity index (χ1v) is 7.56. The highest BCUT2D eigenvalue weighted by Crippen LogP contribution is 2.50. The molecule has 0 aromatic heterocycles. The molecule has 0 fully saturated rings. The summed E-state index contributed by atoms with van der Waals surface area (Å²) in [4.78, 5) is 0. The van der Waals surface area contributed by atoms with E-state index in [1.165, 1.54) is 0 Å². The number of para-hydroxylation sites is 2. The van der Waals surface area contributed by atoms with E-state index in [1.807, 2.05) is 12.1 Å². The first kappa shape index (κ1) is 13.7. The minimum absolute atomic E-state index is 0.471. The Bertz CT molecular complexity index is 512. The van der Waals surface area contributed by atoms with E-state index in [4.69, 9.17) is 14.8 Å². The van der Waals surface area contributed by atoms with Crippen LogP contribution in [-0.2, 0) is 4.57 Å². The molecule has 100 valence electrons. The van der Waals surface area contributed by atoms with Crippen LogP contribution in [0.5, 0.6) is 11.5 Å². The van der Waals surface area contributed by atoms with Crippen molar-refractivity contribution in [1.29, 1.82) is 0 Å². The number of benzene rings is 2. The van der Waals surface area contributed by atoms with Crippen molar-refractivity contribution in [2.75, 3.05) is 0 Å². The minimum Gasteiger partial charge on any atom is -0.415 e. The van der Waals surface area contributed by atoms with Gasteiger partial charge in [0.25, 0.3) is 0 Å². The van der Waals surface area contributed by atoms with Crippen LogP contribution in [0.15, 0.2) is 60.7 Å². The first-order chi connectivity index (χ1) is 9.10. The van der Waals surface area contributed by atoms with Gasteiger partial charge in [0, 0.05) is 0 Å². The summed E-state index contributed by atoms with van der Waals surface area (Å²) in [7, 11) is -3.46. The van der Waals surface area contributed by atoms with E-state index in [9.17, 15) is 4.57 Å². The number of rotatable bonds is 5. The highest BCUT2D eigenvalue weighted by atomic mass is 31.2. The Hall–Kier alpha value is -1.77. The van der Waals surface area contributed by atoms with E-state index < -0.39 is 13.4 Å². The van der Waals surface area contributed by atoms with Gasteiger partial charge in [-0.1, -0.05) is 36.4 Å². The van der Waals surface area contributed by atoms with Crippen LogP contribution in [0.2, 0.25) is 0 Å². The third-order valence-electron chi connectivity index (χ3n) is 2.45. The Balaban J connectivity index is 2.21. The van der Waals surface area contributed by atoms with E-state index in [0.29, 0.717) is 11.5 Å². The molecule has 0 heterocycles. The maximum Gasteiger partial charge on any atom is 0.447 e. The van der Waals surface area contributed by atoms with E-state index in [-0.39, 0.29) is 0 Å². The van der Waals surface area contributed by atoms with Gasteiger partial charge in [-0.3, -0.25) is 0 Å². The summed E-state index contributed by atoms with van der Waals surface area (Å²) in [5, 5.41) is 0. The zero-order valence-electron chi connectivity index (χ0n) is 10.6. The summed E-state index contributed by atoms with van der Waals surface area (Å²) in [5.74, 6) is 0.214. The molecule has 0 bridgehead atoms. The summed E-state index contributed by atoms with van der Waals surface area (Å²) >= 11 is 0. The lowest BCUT2D eigenvalue weighted by Crippen LogP contribution is -2.22. The fourth-order valence-electron chi connectivity index (χ4n) is 1.44. The second kappa shape index (κ2) is 5.91. The van der Waals surface area contributed by atoms with Gasteiger partial charge in [-0.15, -0.1) is 0 Å². The van der Waals surface area contributed by atoms with E-state index in [1.54, 1.807) is 55.5 Å². The molecule has 0 spiro atoms. The SMILES string of the molecule is CC(N)P(=O)(Oc1ccccc1)Oc1ccccc1. The molecule has 0 aliphatic rings. The minimum atomic E-state index is -3.46. The maximum absolute atomic E-state index is 12.7. The van der Waals surface area contributed by atoms with Gasteiger partial charge in [0.15, 0.2) is 0 Å². The van der Waals surface area contributed by atoms with Crippen LogP contribution in [0.4, 0.5) is 0 Å². The van der Waals surface area contributed by atoms with Crippen molar-refractivity contribution < 1.29 is 13.6 Å². The first-order valence-electron chi connectivity index (χ1n) is 5.95. The van der Waals surface area contributed by atoms with Crippen molar-refractivity contribution >= 4 is 7.60 Å². The smallest absolute Gasteiger partial charge is 0.415 e. The number of hydrogen-bond acceptors (Lipinski definition) is 4. The molecule has 0 aliphatic heterocycles. The van der Waals surface area contributed by atoms with Gasteiger partial charge in [-0.2, -0.15) is 0 Å². The monoisotopic (exact) mass is 277 g/mol. The molecule has 2 aromatic carbocycles. The molecular weight excluding hydrogens is 261 g/mol. The highest BCUT2D eigenvalue weighted by molar-refractivity contribution is 7.55. The summed E-state index contributed by atoms with van der Waals surface area (Å²) in [5.41, 5.74) is 5.75. The van der Waals surface area contributed by atoms with Crippen LogP contribution >= 0.6 is 7.60 Å². The molecule has 2 aromatic rings. The van der Waals surface area contributed by atoms with Crippen LogP contribution in [0, 0.1) is 0 Å². The largest absolute Gasteiger partial charge is 0.447 e. The van der Waals surface area contributed by atoms with Crippen LogP contribution in [0.1, 0.15) is 6.92 Å². The molecule has 2 rings (SSSR count). The summed E-state index contributed by atoms with van der Waals surface area (Å²) in [6.45, 7) is 1.60. The Morgan fingerprint density at radius 2 is 1.26 bits per heavy atom. The van der Waals surface area contributed by atoms with Crippen molar-refractivity contribution in [3.8, 4) is 11.5 Å². The molecule has 0 amide bonds. The normalized spacial score (nSPS) is 12.7. The second-order valence-corrected chi connectivity index (χ2v) is 6.35. The summed E-state index contributed by atoms with van der Waals surface area (Å²) in [6.07, 6.45) is 0. The van der Waals surface area contributed by atoms with Gasteiger partial charge in [0.05, 0.1) is 0 Å². The summed E-state index contributed by atoms with van der Waals surface area (Å²) < 4.78 is 23.6. The fourth-order valence-corrected chi connectivity index (χ4v) is 2.64. The molecule has 0 radical (unpaired) electrons. The van der Waals surface area contributed by atoms with Crippen LogP contribution in [0.3, 0.4) is 0 Å². The van der Waals surface area contributed by atoms with Crippen molar-refractivity contribution in [3.63, 3.8) is 0 Å². The fraction of sp³-hybridized carbons (Fsp3) is 0.143. The average molecular weight is 277 g/mol. The van der Waals surface area contributed by atoms with Gasteiger partial charge in [0.2, 0.25) is 0 Å². The Morgan fingerprint density at radius 3 is 1.58 bits per heavy atom. The third kappa shape index (κ3) is 3.60. The molecule has 0 aliphatic carbocycles. The van der Waals surface area contributed by atoms with Gasteiger partial charge in [0.1, 0.15) is 17.3 Å². The zero-order chi connectivity index (χ0) is 13.7. The van der Waals surface area contributed by atoms with Crippen LogP contribution in [-0.4, -0.2) is 5.78 Å². The van der Waals surface area contributed by atoms with Crippen molar-refractivity contribution in [1.82, 2.24) is 0 Å². The molecular formula is C14H16NO3P. The molecule has 19 heavy (non-hydrogen) atoms. The lowest BCUT2D eigenvalue weighted by molar-refractivity contribution is 0.375. The lowest BCUT2D eigenvalue weighted by atomic mass is 10.3. The van der Waals surface area contributed by atoms with E-state index in [2.05, 4.69) is 0 Å². The topological polar surface area (TPSA) is 61.6 Å². The molecule has 1 atom stereocenters. The number of hydrogen-bond donors (Lipinski definition) is 1. The molecule has 4 nitrogen and oxygen atoms in total. The van der Waals surface area contributed by atoms with Gasteiger partial charge >= 0.3 is 7.60 Å². The van der Waals surface area contributed by atoms with Gasteiger partial charge in [-0.05, 0) is 31.2 Å². The van der Waals surface area contributed by atoms with Gasteiger partial charge in [-0.25, -0.2) is 4.57 Å². The van der Waals surface area contributed by atoms with Crippen molar-refractivity contribution in [3.05, 3.63) is 60.7 Å². The van der Waals surface area contributed by atoms with Crippen molar-refractivity contribution in [2.24, 2.45) is 5.73 Å². The van der Waals surface area contributed by atoms with Crippen LogP contribution in [0.25, 0.3) is 0 Å². The maximum atomic E-state index is 12.7. The molecule has 2 N–H and O–H groups in total. The second-order valence-electron chi connectivity index (χ2n) is 4.09. The highest BCUT2D eigenvalue weighted by Gasteiger charge is 2.33. The molecule has 5 heteroatoms. The lowest BCUT2D eigenvalue weighted by Gasteiger charge is -2.22. The molecule has 0 saturated carbocycles.